The Balaban J connectivity index is 3.26. The van der Waals surface area contributed by atoms with Crippen LogP contribution in [0.3, 0.4) is 0 Å². The number of nitrogens with two attached hydrogens (primary N) is 2. The van der Waals surface area contributed by atoms with Crippen molar-refractivity contribution in [1.82, 2.24) is 10.9 Å². The molecule has 1 rings (SSSR count). The molecule has 0 saturated carbocycles. The Morgan fingerprint density at radius 2 is 1.60 bits per heavy atom. The Morgan fingerprint density at radius 1 is 1.07 bits per heavy atom. The number of hydrogen-bond donors (Lipinski definition) is 5. The van der Waals surface area contributed by atoms with Crippen LogP contribution in [-0.2, 0) is 0 Å². The molecule has 0 aliphatic rings. The second kappa shape index (κ2) is 4.40. The van der Waals surface area contributed by atoms with Crippen LogP contribution < -0.4 is 22.5 Å². The van der Waals surface area contributed by atoms with Gasteiger partial charge in [0, 0.05) is 0 Å². The molecular formula is C8H10N4O3. The van der Waals surface area contributed by atoms with E-state index in [0.29, 0.717) is 0 Å². The third kappa shape index (κ3) is 2.22. The lowest BCUT2D eigenvalue weighted by molar-refractivity contribution is 0.0919. The van der Waals surface area contributed by atoms with Crippen molar-refractivity contribution < 1.29 is 14.7 Å². The number of benzene rings is 1. The van der Waals surface area contributed by atoms with Gasteiger partial charge in [0.25, 0.3) is 11.8 Å². The molecule has 1 aromatic carbocycles. The van der Waals surface area contributed by atoms with Crippen LogP contribution in [0.4, 0.5) is 0 Å². The first kappa shape index (κ1) is 11.0. The number of phenols is 1. The number of nitrogens with one attached hydrogen (secondary N) is 2. The van der Waals surface area contributed by atoms with Crippen molar-refractivity contribution in [3.8, 4) is 5.75 Å². The lowest BCUT2D eigenvalue weighted by Crippen LogP contribution is -2.35. The maximum absolute atomic E-state index is 11.2. The first-order valence-corrected chi connectivity index (χ1v) is 3.95. The summed E-state index contributed by atoms with van der Waals surface area (Å²) in [5, 5.41) is 9.15. The van der Waals surface area contributed by atoms with Crippen LogP contribution in [0, 0.1) is 0 Å². The van der Waals surface area contributed by atoms with Crippen molar-refractivity contribution in [2.45, 2.75) is 0 Å². The third-order valence-corrected chi connectivity index (χ3v) is 1.75. The highest BCUT2D eigenvalue weighted by atomic mass is 16.3. The molecule has 0 bridgehead atoms. The Bertz CT molecular complexity index is 405. The summed E-state index contributed by atoms with van der Waals surface area (Å²) in [6.45, 7) is 0. The van der Waals surface area contributed by atoms with E-state index in [4.69, 9.17) is 16.8 Å². The van der Waals surface area contributed by atoms with Crippen molar-refractivity contribution in [2.24, 2.45) is 11.7 Å². The highest BCUT2D eigenvalue weighted by molar-refractivity contribution is 6.07. The molecule has 0 aliphatic heterocycles. The first-order valence-electron chi connectivity index (χ1n) is 3.95. The Morgan fingerprint density at radius 3 is 2.13 bits per heavy atom. The number of hydrogen-bond acceptors (Lipinski definition) is 5. The molecule has 80 valence electrons. The minimum atomic E-state index is -0.690. The molecule has 1 aromatic rings. The molecule has 0 saturated heterocycles. The fourth-order valence-corrected chi connectivity index (χ4v) is 1.07. The molecule has 0 heterocycles. The van der Waals surface area contributed by atoms with Gasteiger partial charge in [-0.1, -0.05) is 0 Å². The van der Waals surface area contributed by atoms with E-state index in [1.165, 1.54) is 12.1 Å². The van der Waals surface area contributed by atoms with E-state index < -0.39 is 11.8 Å². The van der Waals surface area contributed by atoms with Gasteiger partial charge in [-0.05, 0) is 18.2 Å². The fourth-order valence-electron chi connectivity index (χ4n) is 1.07. The average Bonchev–Trinajstić information content (AvgIpc) is 2.26. The summed E-state index contributed by atoms with van der Waals surface area (Å²) in [6.07, 6.45) is 0. The van der Waals surface area contributed by atoms with Gasteiger partial charge in [-0.15, -0.1) is 0 Å². The molecule has 0 fully saturated rings. The number of amides is 2. The largest absolute Gasteiger partial charge is 0.508 e. The van der Waals surface area contributed by atoms with Gasteiger partial charge in [-0.2, -0.15) is 0 Å². The molecular weight excluding hydrogens is 200 g/mol. The Hall–Kier alpha value is -2.12. The summed E-state index contributed by atoms with van der Waals surface area (Å²) in [7, 11) is 0. The van der Waals surface area contributed by atoms with Crippen LogP contribution in [0.2, 0.25) is 0 Å². The van der Waals surface area contributed by atoms with Gasteiger partial charge in [-0.3, -0.25) is 20.4 Å². The predicted molar refractivity (Wildman–Crippen MR) is 51.4 cm³/mol. The molecule has 0 atom stereocenters. The van der Waals surface area contributed by atoms with Crippen LogP contribution in [0.15, 0.2) is 18.2 Å². The number of aromatic hydroxyl groups is 1. The van der Waals surface area contributed by atoms with E-state index in [2.05, 4.69) is 0 Å². The van der Waals surface area contributed by atoms with E-state index >= 15 is 0 Å². The van der Waals surface area contributed by atoms with Gasteiger partial charge in [0.2, 0.25) is 0 Å². The molecule has 0 aromatic heterocycles. The summed E-state index contributed by atoms with van der Waals surface area (Å²) >= 11 is 0. The van der Waals surface area contributed by atoms with Crippen molar-refractivity contribution in [3.63, 3.8) is 0 Å². The smallest absolute Gasteiger partial charge is 0.266 e. The van der Waals surface area contributed by atoms with Crippen LogP contribution >= 0.6 is 0 Å². The highest BCUT2D eigenvalue weighted by Gasteiger charge is 2.16. The first-order chi connectivity index (χ1) is 7.10. The molecule has 15 heavy (non-hydrogen) atoms. The lowest BCUT2D eigenvalue weighted by Gasteiger charge is -2.07. The molecule has 7 heteroatoms. The minimum Gasteiger partial charge on any atom is -0.508 e. The number of nitrogen functional groups attached to an aromatic ring is 2. The van der Waals surface area contributed by atoms with Gasteiger partial charge in [-0.25, -0.2) is 11.7 Å². The lowest BCUT2D eigenvalue weighted by atomic mass is 10.1. The quantitative estimate of drug-likeness (QED) is 0.233. The summed E-state index contributed by atoms with van der Waals surface area (Å²) in [6, 6.07) is 3.65. The number of carbonyl (C=O) groups excluding carboxylic acids is 2. The zero-order valence-electron chi connectivity index (χ0n) is 7.65. The number of rotatable bonds is 2. The fraction of sp³-hybridized carbons (Fsp3) is 0. The van der Waals surface area contributed by atoms with Crippen LogP contribution in [0.1, 0.15) is 20.7 Å². The highest BCUT2D eigenvalue weighted by Crippen LogP contribution is 2.16. The monoisotopic (exact) mass is 210 g/mol. The number of carbonyl (C=O) groups is 2. The predicted octanol–water partition coefficient (Wildman–Crippen LogP) is -1.40. The van der Waals surface area contributed by atoms with Gasteiger partial charge in [0.15, 0.2) is 0 Å². The van der Waals surface area contributed by atoms with Gasteiger partial charge in [0.05, 0.1) is 11.1 Å². The Labute approximate surface area is 85.0 Å². The topological polar surface area (TPSA) is 130 Å². The SMILES string of the molecule is NNC(=O)c1ccc(O)cc1C(=O)NN. The molecule has 0 radical (unpaired) electrons. The minimum absolute atomic E-state index is 0.0262. The van der Waals surface area contributed by atoms with E-state index in [1.807, 2.05) is 10.9 Å². The molecule has 7 N–H and O–H groups in total. The van der Waals surface area contributed by atoms with Crippen LogP contribution in [0.5, 0.6) is 5.75 Å². The summed E-state index contributed by atoms with van der Waals surface area (Å²) in [5.41, 5.74) is 3.71. The van der Waals surface area contributed by atoms with E-state index in [-0.39, 0.29) is 16.9 Å². The van der Waals surface area contributed by atoms with E-state index in [9.17, 15) is 9.59 Å². The average molecular weight is 210 g/mol. The third-order valence-electron chi connectivity index (χ3n) is 1.75. The molecule has 0 aliphatic carbocycles. The normalized spacial score (nSPS) is 9.47. The maximum Gasteiger partial charge on any atom is 0.266 e. The second-order valence-electron chi connectivity index (χ2n) is 2.68. The summed E-state index contributed by atoms with van der Waals surface area (Å²) in [4.78, 5) is 22.5. The number of hydrazine groups is 2. The van der Waals surface area contributed by atoms with Crippen molar-refractivity contribution in [2.75, 3.05) is 0 Å². The van der Waals surface area contributed by atoms with E-state index in [0.717, 1.165) is 6.07 Å². The molecule has 2 amide bonds. The summed E-state index contributed by atoms with van der Waals surface area (Å²) < 4.78 is 0. The zero-order chi connectivity index (χ0) is 11.4. The van der Waals surface area contributed by atoms with Gasteiger partial charge in [0.1, 0.15) is 5.75 Å². The van der Waals surface area contributed by atoms with Crippen molar-refractivity contribution in [3.05, 3.63) is 29.3 Å². The maximum atomic E-state index is 11.2. The number of phenolic OH excluding ortho intramolecular Hbond substituents is 1. The second-order valence-corrected chi connectivity index (χ2v) is 2.68. The molecule has 7 nitrogen and oxygen atoms in total. The molecule has 0 unspecified atom stereocenters. The van der Waals surface area contributed by atoms with E-state index in [1.54, 1.807) is 0 Å². The zero-order valence-corrected chi connectivity index (χ0v) is 7.65. The van der Waals surface area contributed by atoms with Gasteiger partial charge >= 0.3 is 0 Å². The van der Waals surface area contributed by atoms with Crippen LogP contribution in [-0.4, -0.2) is 16.9 Å². The standard InChI is InChI=1S/C8H10N4O3/c9-11-7(14)5-2-1-4(13)3-6(5)8(15)12-10/h1-3,13H,9-10H2,(H,11,14)(H,12,15). The van der Waals surface area contributed by atoms with Crippen LogP contribution in [0.25, 0.3) is 0 Å². The molecule has 0 spiro atoms. The Kier molecular flexibility index (Phi) is 3.21. The summed E-state index contributed by atoms with van der Waals surface area (Å²) in [5.74, 6) is 8.36. The van der Waals surface area contributed by atoms with Crippen molar-refractivity contribution in [1.29, 1.82) is 0 Å². The van der Waals surface area contributed by atoms with Gasteiger partial charge < -0.3 is 5.11 Å². The van der Waals surface area contributed by atoms with Crippen molar-refractivity contribution >= 4 is 11.8 Å².